The van der Waals surface area contributed by atoms with Gasteiger partial charge in [-0.05, 0) is 25.0 Å². The summed E-state index contributed by atoms with van der Waals surface area (Å²) < 4.78 is 0. The molecule has 0 aliphatic rings. The number of aryl methyl sites for hydroxylation is 2. The number of nitrogens with zero attached hydrogens (tertiary/aromatic N) is 1. The van der Waals surface area contributed by atoms with Crippen LogP contribution in [0.25, 0.3) is 0 Å². The van der Waals surface area contributed by atoms with Crippen molar-refractivity contribution in [2.45, 2.75) is 20.4 Å². The molecule has 0 bridgehead atoms. The van der Waals surface area contributed by atoms with Crippen LogP contribution in [0.5, 0.6) is 0 Å². The highest BCUT2D eigenvalue weighted by Gasteiger charge is 2.05. The predicted molar refractivity (Wildman–Crippen MR) is 70.4 cm³/mol. The highest BCUT2D eigenvalue weighted by Crippen LogP contribution is 2.13. The van der Waals surface area contributed by atoms with Crippen LogP contribution < -0.4 is 5.73 Å². The monoisotopic (exact) mass is 218 g/mol. The maximum Gasteiger partial charge on any atom is 0.0240 e. The molecule has 0 unspecified atom stereocenters. The van der Waals surface area contributed by atoms with Crippen molar-refractivity contribution in [3.05, 3.63) is 47.5 Å². The molecule has 0 saturated heterocycles. The average Bonchev–Trinajstić information content (AvgIpc) is 2.24. The molecule has 0 spiro atoms. The van der Waals surface area contributed by atoms with Crippen LogP contribution in [0, 0.1) is 13.8 Å². The summed E-state index contributed by atoms with van der Waals surface area (Å²) in [5.74, 6) is 0. The Hall–Kier alpha value is -1.12. The highest BCUT2D eigenvalue weighted by atomic mass is 15.1. The number of hydrogen-bond acceptors (Lipinski definition) is 2. The molecule has 2 N–H and O–H groups in total. The van der Waals surface area contributed by atoms with Gasteiger partial charge in [0.2, 0.25) is 0 Å². The average molecular weight is 218 g/mol. The quantitative estimate of drug-likeness (QED) is 0.742. The van der Waals surface area contributed by atoms with Crippen LogP contribution >= 0.6 is 0 Å². The van der Waals surface area contributed by atoms with Gasteiger partial charge in [-0.1, -0.05) is 29.8 Å². The van der Waals surface area contributed by atoms with Gasteiger partial charge < -0.3 is 5.73 Å². The molecule has 2 nitrogen and oxygen atoms in total. The molecule has 0 radical (unpaired) electrons. The number of rotatable bonds is 6. The van der Waals surface area contributed by atoms with Crippen LogP contribution in [-0.2, 0) is 6.54 Å². The molecule has 1 aromatic rings. The molecule has 0 aromatic heterocycles. The van der Waals surface area contributed by atoms with Crippen molar-refractivity contribution in [3.8, 4) is 0 Å². The van der Waals surface area contributed by atoms with Gasteiger partial charge in [-0.25, -0.2) is 0 Å². The van der Waals surface area contributed by atoms with Crippen LogP contribution in [0.4, 0.5) is 0 Å². The van der Waals surface area contributed by atoms with Crippen molar-refractivity contribution in [2.24, 2.45) is 5.73 Å². The van der Waals surface area contributed by atoms with Gasteiger partial charge >= 0.3 is 0 Å². The molecule has 0 fully saturated rings. The Labute approximate surface area is 98.8 Å². The summed E-state index contributed by atoms with van der Waals surface area (Å²) in [6, 6.07) is 6.58. The minimum Gasteiger partial charge on any atom is -0.329 e. The Morgan fingerprint density at radius 2 is 2.12 bits per heavy atom. The van der Waals surface area contributed by atoms with Crippen molar-refractivity contribution in [1.29, 1.82) is 0 Å². The molecule has 2 heteroatoms. The van der Waals surface area contributed by atoms with Crippen molar-refractivity contribution >= 4 is 0 Å². The summed E-state index contributed by atoms with van der Waals surface area (Å²) in [6.45, 7) is 11.5. The smallest absolute Gasteiger partial charge is 0.0240 e. The van der Waals surface area contributed by atoms with E-state index in [1.807, 2.05) is 6.08 Å². The number of benzene rings is 1. The summed E-state index contributed by atoms with van der Waals surface area (Å²) in [5, 5.41) is 0. The molecular formula is C14H22N2. The van der Waals surface area contributed by atoms with Gasteiger partial charge in [0.05, 0.1) is 0 Å². The molecule has 88 valence electrons. The zero-order valence-corrected chi connectivity index (χ0v) is 10.4. The first-order valence-electron chi connectivity index (χ1n) is 5.77. The number of hydrogen-bond donors (Lipinski definition) is 1. The Morgan fingerprint density at radius 3 is 2.75 bits per heavy atom. The molecule has 0 heterocycles. The topological polar surface area (TPSA) is 29.3 Å². The first-order valence-corrected chi connectivity index (χ1v) is 5.77. The minimum atomic E-state index is 0.693. The molecule has 16 heavy (non-hydrogen) atoms. The van der Waals surface area contributed by atoms with Crippen LogP contribution in [0.1, 0.15) is 16.7 Å². The van der Waals surface area contributed by atoms with E-state index in [2.05, 4.69) is 43.5 Å². The predicted octanol–water partition coefficient (Wildman–Crippen LogP) is 2.25. The van der Waals surface area contributed by atoms with Crippen LogP contribution in [-0.4, -0.2) is 24.5 Å². The second-order valence-electron chi connectivity index (χ2n) is 4.24. The molecule has 1 rings (SSSR count). The van der Waals surface area contributed by atoms with Crippen molar-refractivity contribution < 1.29 is 0 Å². The van der Waals surface area contributed by atoms with E-state index in [0.717, 1.165) is 19.6 Å². The van der Waals surface area contributed by atoms with E-state index in [4.69, 9.17) is 5.73 Å². The summed E-state index contributed by atoms with van der Waals surface area (Å²) in [6.07, 6.45) is 1.93. The molecule has 0 aliphatic carbocycles. The fraction of sp³-hybridized carbons (Fsp3) is 0.429. The minimum absolute atomic E-state index is 0.693. The van der Waals surface area contributed by atoms with Gasteiger partial charge in [-0.2, -0.15) is 0 Å². The maximum atomic E-state index is 5.61. The third kappa shape index (κ3) is 3.80. The van der Waals surface area contributed by atoms with Gasteiger partial charge in [-0.3, -0.25) is 4.90 Å². The van der Waals surface area contributed by atoms with Gasteiger partial charge in [0, 0.05) is 26.2 Å². The van der Waals surface area contributed by atoms with Gasteiger partial charge in [-0.15, -0.1) is 6.58 Å². The Balaban J connectivity index is 2.75. The molecule has 0 atom stereocenters. The van der Waals surface area contributed by atoms with E-state index in [1.54, 1.807) is 0 Å². The fourth-order valence-corrected chi connectivity index (χ4v) is 1.81. The summed E-state index contributed by atoms with van der Waals surface area (Å²) in [7, 11) is 0. The molecule has 0 aliphatic heterocycles. The van der Waals surface area contributed by atoms with Gasteiger partial charge in [0.15, 0.2) is 0 Å². The second kappa shape index (κ2) is 6.46. The lowest BCUT2D eigenvalue weighted by atomic mass is 10.1. The fourth-order valence-electron chi connectivity index (χ4n) is 1.81. The van der Waals surface area contributed by atoms with Crippen LogP contribution in [0.2, 0.25) is 0 Å². The zero-order chi connectivity index (χ0) is 12.0. The van der Waals surface area contributed by atoms with Crippen molar-refractivity contribution in [2.75, 3.05) is 19.6 Å². The normalized spacial score (nSPS) is 10.8. The van der Waals surface area contributed by atoms with E-state index in [9.17, 15) is 0 Å². The van der Waals surface area contributed by atoms with Gasteiger partial charge in [0.25, 0.3) is 0 Å². The standard InChI is InChI=1S/C14H22N2/c1-4-8-16(9-7-15)11-14-10-12(2)5-6-13(14)3/h4-6,10H,1,7-9,11,15H2,2-3H3. The molecule has 1 aromatic carbocycles. The third-order valence-corrected chi connectivity index (χ3v) is 2.73. The lowest BCUT2D eigenvalue weighted by molar-refractivity contribution is 0.302. The largest absolute Gasteiger partial charge is 0.329 e. The van der Waals surface area contributed by atoms with Crippen molar-refractivity contribution in [1.82, 2.24) is 4.90 Å². The summed E-state index contributed by atoms with van der Waals surface area (Å²) in [4.78, 5) is 2.31. The lowest BCUT2D eigenvalue weighted by Crippen LogP contribution is -2.29. The molecular weight excluding hydrogens is 196 g/mol. The van der Waals surface area contributed by atoms with Crippen molar-refractivity contribution in [3.63, 3.8) is 0 Å². The summed E-state index contributed by atoms with van der Waals surface area (Å²) >= 11 is 0. The maximum absolute atomic E-state index is 5.61. The van der Waals surface area contributed by atoms with Gasteiger partial charge in [0.1, 0.15) is 0 Å². The number of nitrogens with two attached hydrogens (primary N) is 1. The summed E-state index contributed by atoms with van der Waals surface area (Å²) in [5.41, 5.74) is 9.65. The van der Waals surface area contributed by atoms with E-state index in [0.29, 0.717) is 6.54 Å². The Bertz CT molecular complexity index is 345. The Kier molecular flexibility index (Phi) is 5.23. The van der Waals surface area contributed by atoms with Crippen LogP contribution in [0.15, 0.2) is 30.9 Å². The Morgan fingerprint density at radius 1 is 1.38 bits per heavy atom. The molecule has 0 saturated carbocycles. The highest BCUT2D eigenvalue weighted by molar-refractivity contribution is 5.30. The first-order chi connectivity index (χ1) is 7.67. The molecule has 0 amide bonds. The van der Waals surface area contributed by atoms with E-state index in [-0.39, 0.29) is 0 Å². The van der Waals surface area contributed by atoms with E-state index >= 15 is 0 Å². The third-order valence-electron chi connectivity index (χ3n) is 2.73. The van der Waals surface area contributed by atoms with E-state index < -0.39 is 0 Å². The zero-order valence-electron chi connectivity index (χ0n) is 10.4. The first kappa shape index (κ1) is 12.9. The SMILES string of the molecule is C=CCN(CCN)Cc1cc(C)ccc1C. The van der Waals surface area contributed by atoms with E-state index in [1.165, 1.54) is 16.7 Å². The second-order valence-corrected chi connectivity index (χ2v) is 4.24. The van der Waals surface area contributed by atoms with Crippen LogP contribution in [0.3, 0.4) is 0 Å². The lowest BCUT2D eigenvalue weighted by Gasteiger charge is -2.21.